The third kappa shape index (κ3) is 3.62. The van der Waals surface area contributed by atoms with Crippen molar-refractivity contribution in [3.8, 4) is 11.4 Å². The zero-order valence-corrected chi connectivity index (χ0v) is 17.7. The number of pyridine rings is 1. The molecule has 1 aromatic carbocycles. The number of benzene rings is 1. The summed E-state index contributed by atoms with van der Waals surface area (Å²) in [7, 11) is 0. The maximum absolute atomic E-state index is 11.6. The average Bonchev–Trinajstić information content (AvgIpc) is 2.98. The first-order valence-corrected chi connectivity index (χ1v) is 10.8. The van der Waals surface area contributed by atoms with Crippen molar-refractivity contribution in [2.45, 2.75) is 38.6 Å². The van der Waals surface area contributed by atoms with Crippen molar-refractivity contribution in [2.24, 2.45) is 5.73 Å². The maximum atomic E-state index is 11.6. The van der Waals surface area contributed by atoms with Gasteiger partial charge in [-0.3, -0.25) is 9.78 Å². The second kappa shape index (κ2) is 7.91. The lowest BCUT2D eigenvalue weighted by Gasteiger charge is -2.19. The number of hydrogen-bond acceptors (Lipinski definition) is 5. The molecule has 4 rings (SSSR count). The second-order valence-corrected chi connectivity index (χ2v) is 8.47. The van der Waals surface area contributed by atoms with Crippen LogP contribution in [0.4, 0.5) is 5.82 Å². The van der Waals surface area contributed by atoms with Crippen molar-refractivity contribution in [1.82, 2.24) is 14.8 Å². The fourth-order valence-electron chi connectivity index (χ4n) is 3.76. The highest BCUT2D eigenvalue weighted by molar-refractivity contribution is 7.99. The van der Waals surface area contributed by atoms with E-state index in [2.05, 4.69) is 24.1 Å². The topological polar surface area (TPSA) is 85.8 Å². The zero-order valence-electron chi connectivity index (χ0n) is 16.8. The van der Waals surface area contributed by atoms with Crippen LogP contribution in [0.3, 0.4) is 0 Å². The molecule has 150 valence electrons. The number of hydrogen-bond donors (Lipinski definition) is 2. The lowest BCUT2D eigenvalue weighted by molar-refractivity contribution is 0.1000. The molecular formula is C22H25N5OS. The molecule has 0 saturated carbocycles. The second-order valence-electron chi connectivity index (χ2n) is 7.34. The van der Waals surface area contributed by atoms with Crippen molar-refractivity contribution in [1.29, 1.82) is 0 Å². The molecule has 0 radical (unpaired) electrons. The van der Waals surface area contributed by atoms with E-state index in [-0.39, 0.29) is 5.25 Å². The summed E-state index contributed by atoms with van der Waals surface area (Å²) < 4.78 is 2.03. The molecule has 0 unspecified atom stereocenters. The molecule has 3 heterocycles. The van der Waals surface area contributed by atoms with E-state index < -0.39 is 5.91 Å². The van der Waals surface area contributed by atoms with E-state index in [0.29, 0.717) is 11.6 Å². The van der Waals surface area contributed by atoms with Gasteiger partial charge in [0.15, 0.2) is 0 Å². The highest BCUT2D eigenvalue weighted by Gasteiger charge is 2.32. The number of rotatable bonds is 4. The van der Waals surface area contributed by atoms with E-state index in [0.717, 1.165) is 40.6 Å². The molecule has 2 atom stereocenters. The molecule has 1 amide bonds. The maximum Gasteiger partial charge on any atom is 0.248 e. The highest BCUT2D eigenvalue weighted by atomic mass is 32.2. The first kappa shape index (κ1) is 19.5. The number of primary amides is 1. The van der Waals surface area contributed by atoms with Crippen molar-refractivity contribution >= 4 is 23.5 Å². The minimum atomic E-state index is -0.405. The third-order valence-electron chi connectivity index (χ3n) is 5.19. The van der Waals surface area contributed by atoms with Gasteiger partial charge in [-0.25, -0.2) is 4.68 Å². The van der Waals surface area contributed by atoms with Crippen LogP contribution in [0.1, 0.15) is 46.1 Å². The van der Waals surface area contributed by atoms with Gasteiger partial charge in [-0.1, -0.05) is 12.1 Å². The molecular weight excluding hydrogens is 382 g/mol. The first-order valence-electron chi connectivity index (χ1n) is 9.80. The van der Waals surface area contributed by atoms with Crippen molar-refractivity contribution in [3.05, 3.63) is 64.8 Å². The molecule has 3 N–H and O–H groups in total. The summed E-state index contributed by atoms with van der Waals surface area (Å²) in [5.74, 6) is 1.60. The molecule has 1 aliphatic heterocycles. The van der Waals surface area contributed by atoms with Crippen LogP contribution in [0.25, 0.3) is 11.4 Å². The Bertz CT molecular complexity index is 1050. The number of thioether (sulfide) groups is 1. The fraction of sp³-hybridized carbons (Fsp3) is 0.318. The molecule has 0 saturated heterocycles. The number of aryl methyl sites for hydroxylation is 2. The number of anilines is 1. The number of fused-ring (bicyclic) bond motifs is 1. The number of aromatic nitrogens is 3. The normalized spacial score (nSPS) is 18.6. The summed E-state index contributed by atoms with van der Waals surface area (Å²) >= 11 is 1.89. The van der Waals surface area contributed by atoms with Gasteiger partial charge in [0, 0.05) is 35.7 Å². The predicted molar refractivity (Wildman–Crippen MR) is 118 cm³/mol. The molecule has 2 aromatic heterocycles. The van der Waals surface area contributed by atoms with E-state index in [1.807, 2.05) is 59.8 Å². The third-order valence-corrected chi connectivity index (χ3v) is 6.71. The molecule has 7 heteroatoms. The van der Waals surface area contributed by atoms with Crippen LogP contribution in [-0.2, 0) is 6.54 Å². The van der Waals surface area contributed by atoms with E-state index in [4.69, 9.17) is 10.8 Å². The Morgan fingerprint density at radius 1 is 1.34 bits per heavy atom. The summed E-state index contributed by atoms with van der Waals surface area (Å²) in [6.07, 6.45) is 1.80. The van der Waals surface area contributed by atoms with Gasteiger partial charge < -0.3 is 11.1 Å². The van der Waals surface area contributed by atoms with Crippen molar-refractivity contribution in [3.63, 3.8) is 0 Å². The highest BCUT2D eigenvalue weighted by Crippen LogP contribution is 2.47. The van der Waals surface area contributed by atoms with Crippen LogP contribution in [0.15, 0.2) is 42.6 Å². The van der Waals surface area contributed by atoms with E-state index in [1.165, 1.54) is 5.56 Å². The van der Waals surface area contributed by atoms with Gasteiger partial charge in [-0.05, 0) is 56.2 Å². The molecule has 0 fully saturated rings. The number of nitrogens with two attached hydrogens (primary N) is 1. The molecule has 0 bridgehead atoms. The van der Waals surface area contributed by atoms with Crippen LogP contribution in [0.2, 0.25) is 0 Å². The lowest BCUT2D eigenvalue weighted by Crippen LogP contribution is -2.19. The molecule has 0 spiro atoms. The number of carbonyl (C=O) groups is 1. The molecule has 6 nitrogen and oxygen atoms in total. The SMILES string of the molecule is CCn1nc(-c2ccccn2)c2c1N[C@@H](C)CS[C@H]2c1ccc(C(N)=O)cc1C. The molecule has 3 aromatic rings. The Kier molecular flexibility index (Phi) is 5.32. The summed E-state index contributed by atoms with van der Waals surface area (Å²) in [5.41, 5.74) is 11.1. The Balaban J connectivity index is 1.93. The molecule has 29 heavy (non-hydrogen) atoms. The van der Waals surface area contributed by atoms with Gasteiger partial charge in [-0.15, -0.1) is 11.8 Å². The average molecular weight is 408 g/mol. The fourth-order valence-corrected chi connectivity index (χ4v) is 5.16. The van der Waals surface area contributed by atoms with Gasteiger partial charge in [0.2, 0.25) is 5.91 Å². The molecule has 1 aliphatic rings. The zero-order chi connectivity index (χ0) is 20.5. The Hall–Kier alpha value is -2.80. The summed E-state index contributed by atoms with van der Waals surface area (Å²) in [5, 5.41) is 8.66. The van der Waals surface area contributed by atoms with E-state index in [9.17, 15) is 4.79 Å². The van der Waals surface area contributed by atoms with Gasteiger partial charge >= 0.3 is 0 Å². The number of carbonyl (C=O) groups excluding carboxylic acids is 1. The first-order chi connectivity index (χ1) is 14.0. The summed E-state index contributed by atoms with van der Waals surface area (Å²) in [6.45, 7) is 7.09. The minimum Gasteiger partial charge on any atom is -0.367 e. The minimum absolute atomic E-state index is 0.0849. The van der Waals surface area contributed by atoms with Crippen LogP contribution in [0, 0.1) is 6.92 Å². The summed E-state index contributed by atoms with van der Waals surface area (Å²) in [6, 6.07) is 11.9. The monoisotopic (exact) mass is 407 g/mol. The Morgan fingerprint density at radius 3 is 2.83 bits per heavy atom. The van der Waals surface area contributed by atoms with Gasteiger partial charge in [-0.2, -0.15) is 5.10 Å². The van der Waals surface area contributed by atoms with Gasteiger partial charge in [0.05, 0.1) is 10.9 Å². The van der Waals surface area contributed by atoms with E-state index >= 15 is 0 Å². The van der Waals surface area contributed by atoms with Crippen LogP contribution < -0.4 is 11.1 Å². The number of nitrogens with zero attached hydrogens (tertiary/aromatic N) is 3. The van der Waals surface area contributed by atoms with Crippen LogP contribution >= 0.6 is 11.8 Å². The van der Waals surface area contributed by atoms with Crippen LogP contribution in [-0.4, -0.2) is 32.5 Å². The lowest BCUT2D eigenvalue weighted by atomic mass is 9.96. The Labute approximate surface area is 174 Å². The molecule has 0 aliphatic carbocycles. The smallest absolute Gasteiger partial charge is 0.248 e. The van der Waals surface area contributed by atoms with E-state index in [1.54, 1.807) is 6.20 Å². The Morgan fingerprint density at radius 2 is 2.17 bits per heavy atom. The number of amides is 1. The van der Waals surface area contributed by atoms with Gasteiger partial charge in [0.25, 0.3) is 0 Å². The largest absolute Gasteiger partial charge is 0.367 e. The number of nitrogens with one attached hydrogen (secondary N) is 1. The summed E-state index contributed by atoms with van der Waals surface area (Å²) in [4.78, 5) is 16.2. The van der Waals surface area contributed by atoms with Crippen LogP contribution in [0.5, 0.6) is 0 Å². The van der Waals surface area contributed by atoms with Crippen molar-refractivity contribution in [2.75, 3.05) is 11.1 Å². The predicted octanol–water partition coefficient (Wildman–Crippen LogP) is 4.01. The van der Waals surface area contributed by atoms with Gasteiger partial charge in [0.1, 0.15) is 11.5 Å². The van der Waals surface area contributed by atoms with Crippen molar-refractivity contribution < 1.29 is 4.79 Å². The standard InChI is InChI=1S/C22H25N5OS/c1-4-27-22-18(19(26-27)17-7-5-6-10-24-17)20(29-12-14(3)25-22)16-9-8-15(21(23)28)11-13(16)2/h5-11,14,20,25H,4,12H2,1-3H3,(H2,23,28)/t14-,20-/m0/s1. The quantitative estimate of drug-likeness (QED) is 0.682.